The van der Waals surface area contributed by atoms with E-state index in [-0.39, 0.29) is 6.10 Å². The molecule has 15 heavy (non-hydrogen) atoms. The van der Waals surface area contributed by atoms with Gasteiger partial charge < -0.3 is 4.74 Å². The van der Waals surface area contributed by atoms with Crippen LogP contribution in [-0.4, -0.2) is 10.5 Å². The van der Waals surface area contributed by atoms with E-state index in [4.69, 9.17) is 4.74 Å². The van der Waals surface area contributed by atoms with Crippen molar-refractivity contribution in [1.82, 2.24) is 0 Å². The van der Waals surface area contributed by atoms with Crippen LogP contribution in [0.3, 0.4) is 0 Å². The Morgan fingerprint density at radius 2 is 2.07 bits per heavy atom. The Kier molecular flexibility index (Phi) is 6.16. The Hall–Kier alpha value is 0.390. The third-order valence-corrected chi connectivity index (χ3v) is 3.89. The van der Waals surface area contributed by atoms with E-state index in [1.165, 1.54) is 5.56 Å². The third kappa shape index (κ3) is 4.04. The summed E-state index contributed by atoms with van der Waals surface area (Å²) in [6.07, 6.45) is 1.56. The van der Waals surface area contributed by atoms with Crippen LogP contribution in [-0.2, 0) is 4.74 Å². The minimum atomic E-state index is 0.191. The lowest BCUT2D eigenvalue weighted by Crippen LogP contribution is -2.14. The molecule has 0 saturated heterocycles. The molecule has 1 aromatic carbocycles. The lowest BCUT2D eigenvalue weighted by molar-refractivity contribution is 0.00942. The number of benzene rings is 1. The first-order chi connectivity index (χ1) is 7.19. The van der Waals surface area contributed by atoms with Gasteiger partial charge in [0.1, 0.15) is 0 Å². The van der Waals surface area contributed by atoms with Crippen molar-refractivity contribution in [2.45, 2.75) is 32.5 Å². The average Bonchev–Trinajstić information content (AvgIpc) is 2.26. The van der Waals surface area contributed by atoms with Gasteiger partial charge in [0, 0.05) is 8.90 Å². The van der Waals surface area contributed by atoms with E-state index in [0.29, 0.717) is 6.10 Å². The van der Waals surface area contributed by atoms with Gasteiger partial charge in [-0.05, 0) is 25.0 Å². The van der Waals surface area contributed by atoms with Gasteiger partial charge in [-0.2, -0.15) is 0 Å². The maximum absolute atomic E-state index is 5.98. The zero-order chi connectivity index (χ0) is 11.3. The second-order valence-corrected chi connectivity index (χ2v) is 5.25. The maximum Gasteiger partial charge on any atom is 0.0928 e. The van der Waals surface area contributed by atoms with Gasteiger partial charge >= 0.3 is 0 Å². The molecule has 0 saturated carbocycles. The van der Waals surface area contributed by atoms with Crippen LogP contribution in [0.5, 0.6) is 0 Å². The molecule has 0 aliphatic carbocycles. The van der Waals surface area contributed by atoms with Gasteiger partial charge in [0.2, 0.25) is 0 Å². The first kappa shape index (κ1) is 13.5. The van der Waals surface area contributed by atoms with E-state index in [1.54, 1.807) is 0 Å². The Balaban J connectivity index is 2.78. The quantitative estimate of drug-likeness (QED) is 0.527. The van der Waals surface area contributed by atoms with Crippen molar-refractivity contribution in [3.8, 4) is 0 Å². The minimum absolute atomic E-state index is 0.191. The monoisotopic (exact) mass is 382 g/mol. The second kappa shape index (κ2) is 6.86. The molecule has 0 aliphatic heterocycles. The molecule has 1 aromatic rings. The molecular formula is C12H16BrIO. The van der Waals surface area contributed by atoms with Gasteiger partial charge in [-0.1, -0.05) is 63.6 Å². The molecule has 0 aliphatic rings. The minimum Gasteiger partial charge on any atom is -0.370 e. The van der Waals surface area contributed by atoms with E-state index in [9.17, 15) is 0 Å². The largest absolute Gasteiger partial charge is 0.370 e. The normalized spacial score (nSPS) is 14.9. The highest BCUT2D eigenvalue weighted by Gasteiger charge is 2.15. The summed E-state index contributed by atoms with van der Waals surface area (Å²) in [5.41, 5.74) is 1.24. The van der Waals surface area contributed by atoms with Crippen LogP contribution in [0.15, 0.2) is 28.7 Å². The fourth-order valence-electron chi connectivity index (χ4n) is 1.31. The maximum atomic E-state index is 5.98. The number of hydrogen-bond donors (Lipinski definition) is 0. The number of rotatable bonds is 5. The van der Waals surface area contributed by atoms with Gasteiger partial charge in [0.25, 0.3) is 0 Å². The van der Waals surface area contributed by atoms with Crippen molar-refractivity contribution in [2.24, 2.45) is 0 Å². The number of ether oxygens (including phenoxy) is 1. The first-order valence-corrected chi connectivity index (χ1v) is 7.46. The molecule has 0 bridgehead atoms. The number of halogens is 2. The molecule has 0 heterocycles. The highest BCUT2D eigenvalue weighted by molar-refractivity contribution is 14.1. The molecule has 0 spiro atoms. The van der Waals surface area contributed by atoms with Crippen molar-refractivity contribution in [1.29, 1.82) is 0 Å². The molecule has 3 heteroatoms. The predicted molar refractivity (Wildman–Crippen MR) is 76.6 cm³/mol. The number of alkyl halides is 1. The molecule has 2 unspecified atom stereocenters. The van der Waals surface area contributed by atoms with Crippen LogP contribution in [0.4, 0.5) is 0 Å². The zero-order valence-electron chi connectivity index (χ0n) is 9.04. The summed E-state index contributed by atoms with van der Waals surface area (Å²) in [5, 5.41) is 0. The summed E-state index contributed by atoms with van der Waals surface area (Å²) in [5.74, 6) is 0. The summed E-state index contributed by atoms with van der Waals surface area (Å²) in [4.78, 5) is 0. The van der Waals surface area contributed by atoms with Crippen LogP contribution in [0.25, 0.3) is 0 Å². The lowest BCUT2D eigenvalue weighted by Gasteiger charge is -2.21. The van der Waals surface area contributed by atoms with Crippen LogP contribution >= 0.6 is 38.5 Å². The molecule has 1 nitrogen and oxygen atoms in total. The Bertz CT molecular complexity index is 303. The van der Waals surface area contributed by atoms with Gasteiger partial charge in [0.05, 0.1) is 12.2 Å². The van der Waals surface area contributed by atoms with Crippen LogP contribution in [0, 0.1) is 0 Å². The first-order valence-electron chi connectivity index (χ1n) is 5.14. The Morgan fingerprint density at radius 1 is 1.40 bits per heavy atom. The van der Waals surface area contributed by atoms with E-state index in [0.717, 1.165) is 15.3 Å². The van der Waals surface area contributed by atoms with Gasteiger partial charge in [-0.25, -0.2) is 0 Å². The highest BCUT2D eigenvalue weighted by atomic mass is 127. The lowest BCUT2D eigenvalue weighted by atomic mass is 10.1. The molecule has 1 rings (SSSR count). The predicted octanol–water partition coefficient (Wildman–Crippen LogP) is 4.74. The Morgan fingerprint density at radius 3 is 2.60 bits per heavy atom. The fraction of sp³-hybridized carbons (Fsp3) is 0.500. The molecule has 0 aromatic heterocycles. The molecule has 0 amide bonds. The van der Waals surface area contributed by atoms with Gasteiger partial charge in [-0.3, -0.25) is 0 Å². The number of hydrogen-bond acceptors (Lipinski definition) is 1. The summed E-state index contributed by atoms with van der Waals surface area (Å²) >= 11 is 5.94. The highest BCUT2D eigenvalue weighted by Crippen LogP contribution is 2.28. The van der Waals surface area contributed by atoms with E-state index in [1.807, 2.05) is 6.07 Å². The Labute approximate surface area is 114 Å². The summed E-state index contributed by atoms with van der Waals surface area (Å²) in [6.45, 7) is 4.27. The van der Waals surface area contributed by atoms with Gasteiger partial charge in [-0.15, -0.1) is 0 Å². The average molecular weight is 383 g/mol. The summed E-state index contributed by atoms with van der Waals surface area (Å²) in [6, 6.07) is 8.27. The molecule has 0 N–H and O–H groups in total. The zero-order valence-corrected chi connectivity index (χ0v) is 12.8. The van der Waals surface area contributed by atoms with Crippen LogP contribution in [0.1, 0.15) is 31.9 Å². The van der Waals surface area contributed by atoms with Crippen LogP contribution in [0.2, 0.25) is 0 Å². The van der Waals surface area contributed by atoms with Crippen molar-refractivity contribution in [2.75, 3.05) is 4.43 Å². The van der Waals surface area contributed by atoms with Crippen molar-refractivity contribution < 1.29 is 4.74 Å². The van der Waals surface area contributed by atoms with Gasteiger partial charge in [0.15, 0.2) is 0 Å². The van der Waals surface area contributed by atoms with E-state index < -0.39 is 0 Å². The van der Waals surface area contributed by atoms with E-state index in [2.05, 4.69) is 70.6 Å². The van der Waals surface area contributed by atoms with Crippen molar-refractivity contribution >= 4 is 38.5 Å². The smallest absolute Gasteiger partial charge is 0.0928 e. The molecule has 84 valence electrons. The molecule has 0 radical (unpaired) electrons. The summed E-state index contributed by atoms with van der Waals surface area (Å²) in [7, 11) is 0. The fourth-order valence-corrected chi connectivity index (χ4v) is 2.53. The topological polar surface area (TPSA) is 9.23 Å². The summed E-state index contributed by atoms with van der Waals surface area (Å²) < 4.78 is 8.09. The molecule has 0 fully saturated rings. The second-order valence-electron chi connectivity index (χ2n) is 3.52. The van der Waals surface area contributed by atoms with E-state index >= 15 is 0 Å². The molecule has 2 atom stereocenters. The standard InChI is InChI=1S/C12H16BrIO/c1-3-9(2)15-12(8-14)10-6-4-5-7-11(10)13/h4-7,9,12H,3,8H2,1-2H3. The SMILES string of the molecule is CCC(C)OC(CI)c1ccccc1Br. The van der Waals surface area contributed by atoms with Crippen LogP contribution < -0.4 is 0 Å². The van der Waals surface area contributed by atoms with Crippen molar-refractivity contribution in [3.63, 3.8) is 0 Å². The third-order valence-electron chi connectivity index (χ3n) is 2.36. The molecular weight excluding hydrogens is 367 g/mol. The van der Waals surface area contributed by atoms with Crippen molar-refractivity contribution in [3.05, 3.63) is 34.3 Å².